The molecule has 1 rings (SSSR count). The van der Waals surface area contributed by atoms with E-state index in [9.17, 15) is 8.42 Å². The maximum absolute atomic E-state index is 11.2. The smallest absolute Gasteiger partial charge is 0.238 e. The van der Waals surface area contributed by atoms with E-state index in [-0.39, 0.29) is 0 Å². The molecule has 0 atom stereocenters. The lowest BCUT2D eigenvalue weighted by Crippen LogP contribution is -2.20. The average molecular weight is 241 g/mol. The van der Waals surface area contributed by atoms with Gasteiger partial charge in [0.15, 0.2) is 0 Å². The van der Waals surface area contributed by atoms with E-state index in [0.717, 1.165) is 0 Å². The Hall–Kier alpha value is 0.200. The summed E-state index contributed by atoms with van der Waals surface area (Å²) in [7, 11) is 1.95. The maximum Gasteiger partial charge on any atom is 0.238 e. The van der Waals surface area contributed by atoms with Gasteiger partial charge in [-0.05, 0) is 25.2 Å². The third kappa shape index (κ3) is 3.11. The molecule has 14 heavy (non-hydrogen) atoms. The number of rotatable bonds is 6. The highest BCUT2D eigenvalue weighted by molar-refractivity contribution is 8.15. The second-order valence-electron chi connectivity index (χ2n) is 4.34. The van der Waals surface area contributed by atoms with Crippen molar-refractivity contribution >= 4 is 19.7 Å². The Morgan fingerprint density at radius 3 is 2.36 bits per heavy atom. The first kappa shape index (κ1) is 12.3. The first-order valence-corrected chi connectivity index (χ1v) is 7.20. The van der Waals surface area contributed by atoms with Crippen molar-refractivity contribution in [2.24, 2.45) is 5.92 Å². The summed E-state index contributed by atoms with van der Waals surface area (Å²) in [5, 5.41) is 0. The maximum atomic E-state index is 11.2. The summed E-state index contributed by atoms with van der Waals surface area (Å²) in [6.07, 6.45) is 1.90. The molecular weight excluding hydrogens is 224 g/mol. The Morgan fingerprint density at radius 2 is 2.00 bits per heavy atom. The summed E-state index contributed by atoms with van der Waals surface area (Å²) < 4.78 is 27.0. The van der Waals surface area contributed by atoms with Gasteiger partial charge in [-0.1, -0.05) is 13.8 Å². The van der Waals surface area contributed by atoms with E-state index in [1.807, 2.05) is 0 Å². The highest BCUT2D eigenvalue weighted by Crippen LogP contribution is 2.48. The predicted octanol–water partition coefficient (Wildman–Crippen LogP) is 2.15. The SMILES string of the molecule is CC(C)COCCC1(S(=O)(=O)Cl)CC1. The molecule has 3 nitrogen and oxygen atoms in total. The third-order valence-corrected chi connectivity index (χ3v) is 5.11. The lowest BCUT2D eigenvalue weighted by molar-refractivity contribution is 0.106. The molecule has 0 heterocycles. The van der Waals surface area contributed by atoms with Gasteiger partial charge >= 0.3 is 0 Å². The number of hydrogen-bond acceptors (Lipinski definition) is 3. The van der Waals surface area contributed by atoms with Crippen LogP contribution in [0, 0.1) is 5.92 Å². The topological polar surface area (TPSA) is 43.4 Å². The van der Waals surface area contributed by atoms with Gasteiger partial charge in [-0.2, -0.15) is 0 Å². The first-order valence-electron chi connectivity index (χ1n) is 4.89. The number of halogens is 1. The molecule has 0 aliphatic heterocycles. The lowest BCUT2D eigenvalue weighted by Gasteiger charge is -2.12. The summed E-state index contributed by atoms with van der Waals surface area (Å²) >= 11 is 0. The summed E-state index contributed by atoms with van der Waals surface area (Å²) in [6.45, 7) is 5.29. The van der Waals surface area contributed by atoms with E-state index >= 15 is 0 Å². The zero-order valence-electron chi connectivity index (χ0n) is 8.62. The molecule has 0 N–H and O–H groups in total. The second kappa shape index (κ2) is 4.37. The minimum atomic E-state index is -3.40. The molecule has 0 bridgehead atoms. The minimum absolute atomic E-state index is 0.484. The van der Waals surface area contributed by atoms with Crippen LogP contribution in [0.1, 0.15) is 33.1 Å². The highest BCUT2D eigenvalue weighted by Gasteiger charge is 2.53. The molecule has 0 aromatic heterocycles. The molecule has 1 aliphatic carbocycles. The van der Waals surface area contributed by atoms with Gasteiger partial charge in [-0.25, -0.2) is 8.42 Å². The molecule has 0 unspecified atom stereocenters. The van der Waals surface area contributed by atoms with Gasteiger partial charge in [0.1, 0.15) is 0 Å². The molecule has 1 saturated carbocycles. The van der Waals surface area contributed by atoms with Crippen LogP contribution >= 0.6 is 10.7 Å². The van der Waals surface area contributed by atoms with Crippen molar-refractivity contribution in [3.8, 4) is 0 Å². The second-order valence-corrected chi connectivity index (χ2v) is 7.30. The van der Waals surface area contributed by atoms with Crippen LogP contribution in [0.2, 0.25) is 0 Å². The lowest BCUT2D eigenvalue weighted by atomic mass is 10.2. The van der Waals surface area contributed by atoms with E-state index in [2.05, 4.69) is 13.8 Å². The molecule has 0 spiro atoms. The van der Waals surface area contributed by atoms with E-state index in [4.69, 9.17) is 15.4 Å². The Kier molecular flexibility index (Phi) is 3.83. The molecule has 1 fully saturated rings. The van der Waals surface area contributed by atoms with Gasteiger partial charge in [0.05, 0.1) is 4.75 Å². The van der Waals surface area contributed by atoms with E-state index < -0.39 is 13.8 Å². The van der Waals surface area contributed by atoms with Gasteiger partial charge in [0.25, 0.3) is 0 Å². The van der Waals surface area contributed by atoms with Crippen molar-refractivity contribution in [1.82, 2.24) is 0 Å². The molecule has 0 aromatic rings. The Bertz CT molecular complexity index is 280. The zero-order valence-corrected chi connectivity index (χ0v) is 10.2. The van der Waals surface area contributed by atoms with E-state index in [1.54, 1.807) is 0 Å². The molecule has 0 saturated heterocycles. The fourth-order valence-electron chi connectivity index (χ4n) is 1.33. The minimum Gasteiger partial charge on any atom is -0.381 e. The molecule has 1 aliphatic rings. The van der Waals surface area contributed by atoms with Crippen LogP contribution in [-0.4, -0.2) is 26.4 Å². The normalized spacial score (nSPS) is 20.0. The van der Waals surface area contributed by atoms with Gasteiger partial charge in [-0.3, -0.25) is 0 Å². The summed E-state index contributed by atoms with van der Waals surface area (Å²) in [5.74, 6) is 0.484. The fourth-order valence-corrected chi connectivity index (χ4v) is 2.94. The molecule has 84 valence electrons. The largest absolute Gasteiger partial charge is 0.381 e. The van der Waals surface area contributed by atoms with Crippen molar-refractivity contribution < 1.29 is 13.2 Å². The monoisotopic (exact) mass is 240 g/mol. The molecule has 0 aromatic carbocycles. The summed E-state index contributed by atoms with van der Waals surface area (Å²) in [4.78, 5) is 0. The van der Waals surface area contributed by atoms with Crippen molar-refractivity contribution in [2.75, 3.05) is 13.2 Å². The quantitative estimate of drug-likeness (QED) is 0.528. The van der Waals surface area contributed by atoms with Gasteiger partial charge in [-0.15, -0.1) is 0 Å². The van der Waals surface area contributed by atoms with Gasteiger partial charge in [0, 0.05) is 23.9 Å². The van der Waals surface area contributed by atoms with Crippen molar-refractivity contribution in [3.63, 3.8) is 0 Å². The Balaban J connectivity index is 2.26. The number of hydrogen-bond donors (Lipinski definition) is 0. The van der Waals surface area contributed by atoms with Crippen molar-refractivity contribution in [1.29, 1.82) is 0 Å². The van der Waals surface area contributed by atoms with Crippen LogP contribution in [-0.2, 0) is 13.8 Å². The molecular formula is C9H17ClO3S. The van der Waals surface area contributed by atoms with E-state index in [1.165, 1.54) is 0 Å². The summed E-state index contributed by atoms with van der Waals surface area (Å²) in [5.41, 5.74) is 0. The molecule has 0 amide bonds. The first-order chi connectivity index (χ1) is 6.37. The predicted molar refractivity (Wildman–Crippen MR) is 57.0 cm³/mol. The molecule has 5 heteroatoms. The van der Waals surface area contributed by atoms with Gasteiger partial charge < -0.3 is 4.74 Å². The van der Waals surface area contributed by atoms with Crippen LogP contribution in [0.15, 0.2) is 0 Å². The van der Waals surface area contributed by atoms with Crippen LogP contribution in [0.3, 0.4) is 0 Å². The van der Waals surface area contributed by atoms with Crippen LogP contribution in [0.25, 0.3) is 0 Å². The van der Waals surface area contributed by atoms with E-state index in [0.29, 0.717) is 38.4 Å². The van der Waals surface area contributed by atoms with Crippen LogP contribution < -0.4 is 0 Å². The summed E-state index contributed by atoms with van der Waals surface area (Å²) in [6, 6.07) is 0. The molecule has 0 radical (unpaired) electrons. The van der Waals surface area contributed by atoms with Crippen LogP contribution in [0.5, 0.6) is 0 Å². The Morgan fingerprint density at radius 1 is 1.43 bits per heavy atom. The number of ether oxygens (including phenoxy) is 1. The third-order valence-electron chi connectivity index (χ3n) is 2.48. The van der Waals surface area contributed by atoms with Crippen molar-refractivity contribution in [2.45, 2.75) is 37.9 Å². The zero-order chi connectivity index (χ0) is 10.8. The average Bonchev–Trinajstić information content (AvgIpc) is 2.77. The highest BCUT2D eigenvalue weighted by atomic mass is 35.7. The fraction of sp³-hybridized carbons (Fsp3) is 1.00. The standard InChI is InChI=1S/C9H17ClO3S/c1-8(2)7-13-6-5-9(3-4-9)14(10,11)12/h8H,3-7H2,1-2H3. The van der Waals surface area contributed by atoms with Crippen molar-refractivity contribution in [3.05, 3.63) is 0 Å². The Labute approximate surface area is 90.2 Å². The van der Waals surface area contributed by atoms with Crippen LogP contribution in [0.4, 0.5) is 0 Å². The van der Waals surface area contributed by atoms with Gasteiger partial charge in [0.2, 0.25) is 9.05 Å².